The molecule has 1 aliphatic rings. The molecule has 2 N–H and O–H groups in total. The van der Waals surface area contributed by atoms with Gasteiger partial charge in [-0.05, 0) is 25.3 Å². The Labute approximate surface area is 76.1 Å². The van der Waals surface area contributed by atoms with Crippen molar-refractivity contribution in [3.8, 4) is 0 Å². The van der Waals surface area contributed by atoms with Gasteiger partial charge in [0.15, 0.2) is 0 Å². The molecule has 2 unspecified atom stereocenters. The Morgan fingerprint density at radius 3 is 3.00 bits per heavy atom. The highest BCUT2D eigenvalue weighted by molar-refractivity contribution is 6.44. The first-order valence-corrected chi connectivity index (χ1v) is 6.57. The molecule has 0 amide bonds. The van der Waals surface area contributed by atoms with Crippen molar-refractivity contribution in [2.75, 3.05) is 13.2 Å². The Kier molecular flexibility index (Phi) is 4.83. The minimum Gasteiger partial charge on any atom is -0.397 e. The second-order valence-corrected chi connectivity index (χ2v) is 5.40. The number of hydrogen-bond donors (Lipinski definition) is 1. The van der Waals surface area contributed by atoms with Gasteiger partial charge in [0.1, 0.15) is 0 Å². The van der Waals surface area contributed by atoms with Crippen LogP contribution in [0.1, 0.15) is 26.2 Å². The Bertz CT molecular complexity index is 118. The van der Waals surface area contributed by atoms with Crippen molar-refractivity contribution in [1.29, 1.82) is 0 Å². The van der Waals surface area contributed by atoms with E-state index in [1.807, 2.05) is 0 Å². The average molecular weight is 189 g/mol. The molecule has 1 saturated heterocycles. The van der Waals surface area contributed by atoms with E-state index in [-0.39, 0.29) is 6.04 Å². The summed E-state index contributed by atoms with van der Waals surface area (Å²) in [5.41, 5.74) is 5.73. The van der Waals surface area contributed by atoms with Crippen LogP contribution in [-0.4, -0.2) is 28.5 Å². The van der Waals surface area contributed by atoms with E-state index in [2.05, 4.69) is 6.92 Å². The Morgan fingerprint density at radius 2 is 2.42 bits per heavy atom. The van der Waals surface area contributed by atoms with Gasteiger partial charge < -0.3 is 14.6 Å². The van der Waals surface area contributed by atoms with Gasteiger partial charge in [-0.15, -0.1) is 0 Å². The van der Waals surface area contributed by atoms with Crippen LogP contribution in [-0.2, 0) is 8.85 Å². The number of nitrogens with two attached hydrogens (primary N) is 1. The van der Waals surface area contributed by atoms with Crippen LogP contribution in [0.25, 0.3) is 0 Å². The molecule has 0 aromatic rings. The van der Waals surface area contributed by atoms with Crippen LogP contribution in [0.5, 0.6) is 0 Å². The summed E-state index contributed by atoms with van der Waals surface area (Å²) < 4.78 is 11.2. The lowest BCUT2D eigenvalue weighted by molar-refractivity contribution is 0.168. The molecule has 0 bridgehead atoms. The minimum absolute atomic E-state index is 0.197. The monoisotopic (exact) mass is 189 g/mol. The highest BCUT2D eigenvalue weighted by Crippen LogP contribution is 2.11. The molecule has 12 heavy (non-hydrogen) atoms. The molecule has 1 heterocycles. The Balaban J connectivity index is 2.05. The number of rotatable bonds is 4. The quantitative estimate of drug-likeness (QED) is 0.664. The average Bonchev–Trinajstić information content (AvgIpc) is 2.16. The molecule has 1 aliphatic heterocycles. The van der Waals surface area contributed by atoms with Crippen molar-refractivity contribution >= 4 is 9.28 Å². The van der Waals surface area contributed by atoms with Gasteiger partial charge in [0.25, 0.3) is 0 Å². The molecular weight excluding hydrogens is 170 g/mol. The summed E-state index contributed by atoms with van der Waals surface area (Å²) in [7, 11) is -1.28. The smallest absolute Gasteiger partial charge is 0.321 e. The van der Waals surface area contributed by atoms with Crippen molar-refractivity contribution in [1.82, 2.24) is 0 Å². The van der Waals surface area contributed by atoms with E-state index in [1.54, 1.807) is 0 Å². The Hall–Kier alpha value is 0.0969. The molecule has 0 spiro atoms. The lowest BCUT2D eigenvalue weighted by atomic mass is 10.3. The molecule has 1 rings (SSSR count). The van der Waals surface area contributed by atoms with Gasteiger partial charge in [-0.3, -0.25) is 0 Å². The highest BCUT2D eigenvalue weighted by Gasteiger charge is 2.17. The predicted molar refractivity (Wildman–Crippen MR) is 51.4 cm³/mol. The first-order valence-electron chi connectivity index (χ1n) is 4.81. The predicted octanol–water partition coefficient (Wildman–Crippen LogP) is 0.771. The van der Waals surface area contributed by atoms with Crippen LogP contribution >= 0.6 is 0 Å². The molecule has 72 valence electrons. The van der Waals surface area contributed by atoms with Crippen molar-refractivity contribution < 1.29 is 8.85 Å². The largest absolute Gasteiger partial charge is 0.397 e. The van der Waals surface area contributed by atoms with Crippen LogP contribution in [0.4, 0.5) is 0 Å². The van der Waals surface area contributed by atoms with Gasteiger partial charge >= 0.3 is 9.28 Å². The molecule has 0 aromatic heterocycles. The van der Waals surface area contributed by atoms with Crippen molar-refractivity contribution in [3.63, 3.8) is 0 Å². The molecule has 3 nitrogen and oxygen atoms in total. The zero-order valence-corrected chi connectivity index (χ0v) is 8.95. The molecule has 2 atom stereocenters. The number of hydrogen-bond acceptors (Lipinski definition) is 3. The molecular formula is C8H19NO2Si. The summed E-state index contributed by atoms with van der Waals surface area (Å²) in [4.78, 5) is 0. The maximum atomic E-state index is 5.73. The van der Waals surface area contributed by atoms with E-state index in [1.165, 1.54) is 12.8 Å². The lowest BCUT2D eigenvalue weighted by Crippen LogP contribution is -2.33. The maximum absolute atomic E-state index is 5.73. The van der Waals surface area contributed by atoms with Gasteiger partial charge in [0.05, 0.1) is 6.61 Å². The van der Waals surface area contributed by atoms with Gasteiger partial charge in [-0.25, -0.2) is 0 Å². The molecule has 0 aromatic carbocycles. The second-order valence-electron chi connectivity index (χ2n) is 3.30. The van der Waals surface area contributed by atoms with E-state index in [9.17, 15) is 0 Å². The van der Waals surface area contributed by atoms with Crippen molar-refractivity contribution in [3.05, 3.63) is 0 Å². The first-order chi connectivity index (χ1) is 5.83. The fraction of sp³-hybridized carbons (Fsp3) is 1.00. The van der Waals surface area contributed by atoms with E-state index in [0.29, 0.717) is 6.61 Å². The van der Waals surface area contributed by atoms with Crippen LogP contribution in [0, 0.1) is 0 Å². The summed E-state index contributed by atoms with van der Waals surface area (Å²) >= 11 is 0. The fourth-order valence-electron chi connectivity index (χ4n) is 1.19. The minimum atomic E-state index is -1.28. The molecule has 0 saturated carbocycles. The zero-order chi connectivity index (χ0) is 8.81. The Morgan fingerprint density at radius 1 is 1.58 bits per heavy atom. The fourth-order valence-corrected chi connectivity index (χ4v) is 3.13. The van der Waals surface area contributed by atoms with E-state index < -0.39 is 9.28 Å². The summed E-state index contributed by atoms with van der Waals surface area (Å²) in [6, 6.07) is 1.36. The van der Waals surface area contributed by atoms with Crippen molar-refractivity contribution in [2.24, 2.45) is 5.73 Å². The molecule has 1 fully saturated rings. The second kappa shape index (κ2) is 5.69. The summed E-state index contributed by atoms with van der Waals surface area (Å²) in [5.74, 6) is 0. The van der Waals surface area contributed by atoms with Crippen LogP contribution in [0.15, 0.2) is 0 Å². The van der Waals surface area contributed by atoms with Crippen LogP contribution < -0.4 is 5.73 Å². The zero-order valence-electron chi connectivity index (χ0n) is 7.79. The third-order valence-corrected chi connectivity index (χ3v) is 4.21. The first kappa shape index (κ1) is 10.2. The normalized spacial score (nSPS) is 27.0. The highest BCUT2D eigenvalue weighted by atomic mass is 28.3. The van der Waals surface area contributed by atoms with Crippen LogP contribution in [0.3, 0.4) is 0 Å². The van der Waals surface area contributed by atoms with E-state index in [0.717, 1.165) is 19.1 Å². The van der Waals surface area contributed by atoms with Gasteiger partial charge in [-0.1, -0.05) is 6.92 Å². The molecule has 4 heteroatoms. The maximum Gasteiger partial charge on any atom is 0.321 e. The van der Waals surface area contributed by atoms with E-state index in [4.69, 9.17) is 14.6 Å². The summed E-state index contributed by atoms with van der Waals surface area (Å²) in [5, 5.41) is 0. The lowest BCUT2D eigenvalue weighted by Gasteiger charge is -2.22. The topological polar surface area (TPSA) is 44.5 Å². The summed E-state index contributed by atoms with van der Waals surface area (Å²) in [6.07, 6.45) is 3.46. The SMILES string of the molecule is CCC(N)CO[SiH]1CCCCO1. The van der Waals surface area contributed by atoms with Crippen molar-refractivity contribution in [2.45, 2.75) is 38.3 Å². The molecule has 0 radical (unpaired) electrons. The van der Waals surface area contributed by atoms with Gasteiger partial charge in [0.2, 0.25) is 0 Å². The van der Waals surface area contributed by atoms with Crippen LogP contribution in [0.2, 0.25) is 6.04 Å². The van der Waals surface area contributed by atoms with E-state index >= 15 is 0 Å². The third-order valence-electron chi connectivity index (χ3n) is 2.16. The van der Waals surface area contributed by atoms with Gasteiger partial charge in [-0.2, -0.15) is 0 Å². The standard InChI is InChI=1S/C8H19NO2Si/c1-2-8(9)7-11-12-6-4-3-5-10-12/h8,12H,2-7,9H2,1H3. The van der Waals surface area contributed by atoms with Gasteiger partial charge in [0, 0.05) is 12.6 Å². The molecule has 0 aliphatic carbocycles. The summed E-state index contributed by atoms with van der Waals surface area (Å²) in [6.45, 7) is 3.67. The third kappa shape index (κ3) is 3.67.